The molecule has 1 amide bonds. The monoisotopic (exact) mass is 237 g/mol. The van der Waals surface area contributed by atoms with Gasteiger partial charge in [0.25, 0.3) is 0 Å². The molecule has 92 valence electrons. The first-order valence-electron chi connectivity index (χ1n) is 5.19. The summed E-state index contributed by atoms with van der Waals surface area (Å²) in [6.07, 6.45) is -0.833. The second-order valence-corrected chi connectivity index (χ2v) is 3.55. The molecular weight excluding hydrogens is 222 g/mol. The van der Waals surface area contributed by atoms with Gasteiger partial charge >= 0.3 is 5.97 Å². The fourth-order valence-corrected chi connectivity index (χ4v) is 1.36. The van der Waals surface area contributed by atoms with Crippen LogP contribution in [0.1, 0.15) is 12.0 Å². The molecule has 0 aliphatic carbocycles. The molecule has 0 fully saturated rings. The fourth-order valence-electron chi connectivity index (χ4n) is 1.36. The van der Waals surface area contributed by atoms with E-state index in [1.54, 1.807) is 0 Å². The quantitative estimate of drug-likeness (QED) is 0.717. The number of hydrogen-bond acceptors (Lipinski definition) is 3. The average Bonchev–Trinajstić information content (AvgIpc) is 2.28. The standard InChI is InChI=1S/C12H15NO4/c1-17-11(8-12(15)16)13-10(14)7-9-5-3-2-4-6-9/h2-6,11H,7-8H2,1H3,(H,13,14)(H,15,16). The lowest BCUT2D eigenvalue weighted by Crippen LogP contribution is -2.38. The number of hydrogen-bond donors (Lipinski definition) is 2. The molecule has 0 aliphatic rings. The van der Waals surface area contributed by atoms with Gasteiger partial charge in [-0.25, -0.2) is 0 Å². The van der Waals surface area contributed by atoms with Crippen molar-refractivity contribution < 1.29 is 19.4 Å². The summed E-state index contributed by atoms with van der Waals surface area (Å²) >= 11 is 0. The fraction of sp³-hybridized carbons (Fsp3) is 0.333. The zero-order valence-electron chi connectivity index (χ0n) is 9.55. The highest BCUT2D eigenvalue weighted by Crippen LogP contribution is 2.00. The van der Waals surface area contributed by atoms with Gasteiger partial charge in [0.1, 0.15) is 6.23 Å². The van der Waals surface area contributed by atoms with E-state index >= 15 is 0 Å². The number of aliphatic carboxylic acids is 1. The van der Waals surface area contributed by atoms with Crippen molar-refractivity contribution in [3.63, 3.8) is 0 Å². The molecule has 0 saturated heterocycles. The van der Waals surface area contributed by atoms with E-state index in [9.17, 15) is 9.59 Å². The maximum Gasteiger partial charge on any atom is 0.307 e. The van der Waals surface area contributed by atoms with Gasteiger partial charge in [-0.1, -0.05) is 30.3 Å². The van der Waals surface area contributed by atoms with Crippen molar-refractivity contribution in [1.29, 1.82) is 0 Å². The van der Waals surface area contributed by atoms with E-state index in [2.05, 4.69) is 5.32 Å². The second-order valence-electron chi connectivity index (χ2n) is 3.55. The summed E-state index contributed by atoms with van der Waals surface area (Å²) in [7, 11) is 1.36. The predicted molar refractivity (Wildman–Crippen MR) is 61.3 cm³/mol. The second kappa shape index (κ2) is 6.65. The molecular formula is C12H15NO4. The van der Waals surface area contributed by atoms with E-state index in [0.717, 1.165) is 5.56 Å². The maximum atomic E-state index is 11.6. The Balaban J connectivity index is 2.45. The third-order valence-corrected chi connectivity index (χ3v) is 2.17. The molecule has 2 N–H and O–H groups in total. The lowest BCUT2D eigenvalue weighted by molar-refractivity contribution is -0.141. The van der Waals surface area contributed by atoms with Crippen molar-refractivity contribution in [2.45, 2.75) is 19.1 Å². The largest absolute Gasteiger partial charge is 0.481 e. The van der Waals surface area contributed by atoms with E-state index in [-0.39, 0.29) is 18.7 Å². The summed E-state index contributed by atoms with van der Waals surface area (Å²) in [4.78, 5) is 22.1. The molecule has 5 nitrogen and oxygen atoms in total. The average molecular weight is 237 g/mol. The molecule has 0 aromatic heterocycles. The molecule has 1 aromatic carbocycles. The van der Waals surface area contributed by atoms with Crippen LogP contribution in [0.2, 0.25) is 0 Å². The number of rotatable bonds is 6. The van der Waals surface area contributed by atoms with E-state index in [4.69, 9.17) is 9.84 Å². The van der Waals surface area contributed by atoms with Crippen LogP contribution >= 0.6 is 0 Å². The highest BCUT2D eigenvalue weighted by atomic mass is 16.5. The molecule has 1 rings (SSSR count). The normalized spacial score (nSPS) is 11.8. The Morgan fingerprint density at radius 1 is 1.35 bits per heavy atom. The van der Waals surface area contributed by atoms with Crippen molar-refractivity contribution >= 4 is 11.9 Å². The van der Waals surface area contributed by atoms with Gasteiger partial charge in [-0.05, 0) is 5.56 Å². The van der Waals surface area contributed by atoms with Gasteiger partial charge in [-0.15, -0.1) is 0 Å². The van der Waals surface area contributed by atoms with Crippen molar-refractivity contribution in [2.75, 3.05) is 7.11 Å². The zero-order chi connectivity index (χ0) is 12.7. The first kappa shape index (κ1) is 13.2. The molecule has 0 heterocycles. The Morgan fingerprint density at radius 3 is 2.53 bits per heavy atom. The Bertz CT molecular complexity index is 377. The molecule has 1 aromatic rings. The van der Waals surface area contributed by atoms with Crippen LogP contribution in [-0.4, -0.2) is 30.3 Å². The van der Waals surface area contributed by atoms with Crippen molar-refractivity contribution in [2.24, 2.45) is 0 Å². The summed E-state index contributed by atoms with van der Waals surface area (Å²) in [6, 6.07) is 9.21. The molecule has 0 saturated carbocycles. The number of carboxylic acids is 1. The van der Waals surface area contributed by atoms with Crippen LogP contribution in [-0.2, 0) is 20.7 Å². The van der Waals surface area contributed by atoms with Crippen LogP contribution in [0.4, 0.5) is 0 Å². The number of nitrogens with one attached hydrogen (secondary N) is 1. The first-order chi connectivity index (χ1) is 8.11. The summed E-state index contributed by atoms with van der Waals surface area (Å²) in [6.45, 7) is 0. The van der Waals surface area contributed by atoms with Gasteiger partial charge in [-0.3, -0.25) is 9.59 Å². The molecule has 5 heteroatoms. The number of carboxylic acid groups (broad SMARTS) is 1. The summed E-state index contributed by atoms with van der Waals surface area (Å²) in [5.41, 5.74) is 0.871. The van der Waals surface area contributed by atoms with Gasteiger partial charge in [0.15, 0.2) is 0 Å². The summed E-state index contributed by atoms with van der Waals surface area (Å²) in [5.74, 6) is -1.28. The smallest absolute Gasteiger partial charge is 0.307 e. The Morgan fingerprint density at radius 2 is 2.00 bits per heavy atom. The van der Waals surface area contributed by atoms with Crippen molar-refractivity contribution in [3.05, 3.63) is 35.9 Å². The van der Waals surface area contributed by atoms with Crippen molar-refractivity contribution in [3.8, 4) is 0 Å². The van der Waals surface area contributed by atoms with Gasteiger partial charge in [0.2, 0.25) is 5.91 Å². The summed E-state index contributed by atoms with van der Waals surface area (Å²) in [5, 5.41) is 11.1. The lowest BCUT2D eigenvalue weighted by Gasteiger charge is -2.14. The number of benzene rings is 1. The van der Waals surface area contributed by atoms with E-state index < -0.39 is 12.2 Å². The van der Waals surface area contributed by atoms with Crippen molar-refractivity contribution in [1.82, 2.24) is 5.32 Å². The number of ether oxygens (including phenoxy) is 1. The molecule has 17 heavy (non-hydrogen) atoms. The number of methoxy groups -OCH3 is 1. The molecule has 0 aliphatic heterocycles. The molecule has 1 atom stereocenters. The predicted octanol–water partition coefficient (Wildman–Crippen LogP) is 0.792. The highest BCUT2D eigenvalue weighted by Gasteiger charge is 2.14. The number of carbonyl (C=O) groups excluding carboxylic acids is 1. The minimum Gasteiger partial charge on any atom is -0.481 e. The van der Waals surface area contributed by atoms with Crippen LogP contribution in [0.25, 0.3) is 0 Å². The van der Waals surface area contributed by atoms with E-state index in [1.165, 1.54) is 7.11 Å². The van der Waals surface area contributed by atoms with Crippen LogP contribution < -0.4 is 5.32 Å². The van der Waals surface area contributed by atoms with Gasteiger partial charge in [0, 0.05) is 7.11 Å². The van der Waals surface area contributed by atoms with Crippen LogP contribution in [0.3, 0.4) is 0 Å². The van der Waals surface area contributed by atoms with Gasteiger partial charge < -0.3 is 15.2 Å². The van der Waals surface area contributed by atoms with Gasteiger partial charge in [-0.2, -0.15) is 0 Å². The number of amides is 1. The summed E-state index contributed by atoms with van der Waals surface area (Å²) < 4.78 is 4.86. The van der Waals surface area contributed by atoms with E-state index in [0.29, 0.717) is 0 Å². The Labute approximate surface area is 99.4 Å². The SMILES string of the molecule is COC(CC(=O)O)NC(=O)Cc1ccccc1. The lowest BCUT2D eigenvalue weighted by atomic mass is 10.1. The molecule has 0 radical (unpaired) electrons. The van der Waals surface area contributed by atoms with Crippen LogP contribution in [0.5, 0.6) is 0 Å². The van der Waals surface area contributed by atoms with Gasteiger partial charge in [0.05, 0.1) is 12.8 Å². The highest BCUT2D eigenvalue weighted by molar-refractivity contribution is 5.79. The first-order valence-corrected chi connectivity index (χ1v) is 5.19. The minimum absolute atomic E-state index is 0.209. The third-order valence-electron chi connectivity index (χ3n) is 2.17. The van der Waals surface area contributed by atoms with Crippen LogP contribution in [0, 0.1) is 0 Å². The molecule has 1 unspecified atom stereocenters. The molecule has 0 spiro atoms. The topological polar surface area (TPSA) is 75.6 Å². The zero-order valence-corrected chi connectivity index (χ0v) is 9.55. The Hall–Kier alpha value is -1.88. The number of carbonyl (C=O) groups is 2. The van der Waals surface area contributed by atoms with Crippen LogP contribution in [0.15, 0.2) is 30.3 Å². The maximum absolute atomic E-state index is 11.6. The molecule has 0 bridgehead atoms. The van der Waals surface area contributed by atoms with E-state index in [1.807, 2.05) is 30.3 Å². The Kier molecular flexibility index (Phi) is 5.16. The third kappa shape index (κ3) is 5.12. The minimum atomic E-state index is -1.02.